The topological polar surface area (TPSA) is 49.4 Å². The molecule has 0 aliphatic heterocycles. The fraction of sp³-hybridized carbons (Fsp3) is 0.333. The first-order valence-electron chi connectivity index (χ1n) is 8.76. The first kappa shape index (κ1) is 18.7. The fourth-order valence-corrected chi connectivity index (χ4v) is 2.65. The van der Waals surface area contributed by atoms with Crippen molar-refractivity contribution in [2.45, 2.75) is 45.8 Å². The zero-order valence-electron chi connectivity index (χ0n) is 14.9. The number of rotatable bonds is 8. The second kappa shape index (κ2) is 9.62. The first-order chi connectivity index (χ1) is 12.1. The Morgan fingerprint density at radius 3 is 2.08 bits per heavy atom. The van der Waals surface area contributed by atoms with Crippen LogP contribution in [0.4, 0.5) is 0 Å². The lowest BCUT2D eigenvalue weighted by Gasteiger charge is -2.28. The Balaban J connectivity index is 2.04. The van der Waals surface area contributed by atoms with Gasteiger partial charge in [0.15, 0.2) is 0 Å². The number of benzene rings is 2. The zero-order chi connectivity index (χ0) is 18.1. The van der Waals surface area contributed by atoms with Crippen molar-refractivity contribution in [1.82, 2.24) is 10.2 Å². The summed E-state index contributed by atoms with van der Waals surface area (Å²) < 4.78 is 0. The number of carbonyl (C=O) groups is 2. The molecule has 0 fully saturated rings. The van der Waals surface area contributed by atoms with Crippen molar-refractivity contribution in [3.05, 3.63) is 71.8 Å². The summed E-state index contributed by atoms with van der Waals surface area (Å²) in [6, 6.07) is 19.0. The molecule has 0 unspecified atom stereocenters. The molecule has 0 heterocycles. The average molecular weight is 338 g/mol. The smallest absolute Gasteiger partial charge is 0.242 e. The molecule has 1 atom stereocenters. The van der Waals surface area contributed by atoms with Crippen LogP contribution in [0.25, 0.3) is 0 Å². The van der Waals surface area contributed by atoms with Crippen LogP contribution >= 0.6 is 0 Å². The molecule has 2 amide bonds. The van der Waals surface area contributed by atoms with Crippen molar-refractivity contribution >= 4 is 11.8 Å². The Morgan fingerprint density at radius 1 is 0.960 bits per heavy atom. The highest BCUT2D eigenvalue weighted by Gasteiger charge is 2.25. The maximum atomic E-state index is 12.6. The molecule has 2 aromatic rings. The molecule has 25 heavy (non-hydrogen) atoms. The Kier molecular flexibility index (Phi) is 7.20. The third-order valence-electron chi connectivity index (χ3n) is 4.14. The standard InChI is InChI=1S/C21H26N2O2/c1-3-10-20(24)23(16-19-13-8-5-9-14-19)17(2)21(25)22-15-18-11-6-4-7-12-18/h4-9,11-14,17H,3,10,15-16H2,1-2H3,(H,22,25)/t17-/m1/s1. The van der Waals surface area contributed by atoms with Crippen molar-refractivity contribution in [1.29, 1.82) is 0 Å². The van der Waals surface area contributed by atoms with Crippen LogP contribution in [-0.4, -0.2) is 22.8 Å². The Labute approximate surface area is 149 Å². The number of nitrogens with one attached hydrogen (secondary N) is 1. The van der Waals surface area contributed by atoms with Gasteiger partial charge in [-0.3, -0.25) is 9.59 Å². The van der Waals surface area contributed by atoms with E-state index in [1.54, 1.807) is 11.8 Å². The van der Waals surface area contributed by atoms with E-state index in [-0.39, 0.29) is 11.8 Å². The van der Waals surface area contributed by atoms with Crippen molar-refractivity contribution < 1.29 is 9.59 Å². The van der Waals surface area contributed by atoms with Crippen molar-refractivity contribution in [2.75, 3.05) is 0 Å². The lowest BCUT2D eigenvalue weighted by Crippen LogP contribution is -2.47. The van der Waals surface area contributed by atoms with Gasteiger partial charge in [0.1, 0.15) is 6.04 Å². The van der Waals surface area contributed by atoms with Crippen LogP contribution < -0.4 is 5.32 Å². The van der Waals surface area contributed by atoms with E-state index >= 15 is 0 Å². The summed E-state index contributed by atoms with van der Waals surface area (Å²) >= 11 is 0. The summed E-state index contributed by atoms with van der Waals surface area (Å²) in [4.78, 5) is 26.7. The van der Waals surface area contributed by atoms with Gasteiger partial charge in [0, 0.05) is 19.5 Å². The van der Waals surface area contributed by atoms with Crippen molar-refractivity contribution in [3.8, 4) is 0 Å². The lowest BCUT2D eigenvalue weighted by molar-refractivity contribution is -0.140. The molecule has 0 saturated carbocycles. The molecule has 2 aromatic carbocycles. The highest BCUT2D eigenvalue weighted by atomic mass is 16.2. The minimum atomic E-state index is -0.511. The maximum absolute atomic E-state index is 12.6. The third-order valence-corrected chi connectivity index (χ3v) is 4.14. The minimum absolute atomic E-state index is 0.00807. The number of carbonyl (C=O) groups excluding carboxylic acids is 2. The van der Waals surface area contributed by atoms with Gasteiger partial charge in [0.25, 0.3) is 0 Å². The lowest BCUT2D eigenvalue weighted by atomic mass is 10.1. The van der Waals surface area contributed by atoms with E-state index in [4.69, 9.17) is 0 Å². The van der Waals surface area contributed by atoms with E-state index < -0.39 is 6.04 Å². The third kappa shape index (κ3) is 5.75. The van der Waals surface area contributed by atoms with Crippen LogP contribution in [-0.2, 0) is 22.7 Å². The van der Waals surface area contributed by atoms with E-state index in [2.05, 4.69) is 5.32 Å². The normalized spacial score (nSPS) is 11.6. The summed E-state index contributed by atoms with van der Waals surface area (Å²) in [5.41, 5.74) is 2.06. The van der Waals surface area contributed by atoms with E-state index in [1.807, 2.05) is 67.6 Å². The molecule has 0 aliphatic rings. The molecule has 0 spiro atoms. The predicted octanol–water partition coefficient (Wildman–Crippen LogP) is 3.52. The second-order valence-corrected chi connectivity index (χ2v) is 6.14. The van der Waals surface area contributed by atoms with E-state index in [1.165, 1.54) is 0 Å². The number of nitrogens with zero attached hydrogens (tertiary/aromatic N) is 1. The summed E-state index contributed by atoms with van der Waals surface area (Å²) in [6.07, 6.45) is 1.21. The van der Waals surface area contributed by atoms with Crippen LogP contribution in [0.15, 0.2) is 60.7 Å². The molecule has 132 valence electrons. The maximum Gasteiger partial charge on any atom is 0.242 e. The van der Waals surface area contributed by atoms with Gasteiger partial charge in [-0.15, -0.1) is 0 Å². The molecule has 1 N–H and O–H groups in total. The molecule has 4 nitrogen and oxygen atoms in total. The number of amides is 2. The van der Waals surface area contributed by atoms with Gasteiger partial charge >= 0.3 is 0 Å². The van der Waals surface area contributed by atoms with Gasteiger partial charge in [-0.25, -0.2) is 0 Å². The average Bonchev–Trinajstić information content (AvgIpc) is 2.65. The molecular formula is C21H26N2O2. The van der Waals surface area contributed by atoms with Crippen LogP contribution in [0, 0.1) is 0 Å². The van der Waals surface area contributed by atoms with E-state index in [0.717, 1.165) is 17.5 Å². The molecule has 0 bridgehead atoms. The molecule has 4 heteroatoms. The van der Waals surface area contributed by atoms with Crippen LogP contribution in [0.2, 0.25) is 0 Å². The molecule has 0 saturated heterocycles. The quantitative estimate of drug-likeness (QED) is 0.800. The fourth-order valence-electron chi connectivity index (χ4n) is 2.65. The van der Waals surface area contributed by atoms with Gasteiger partial charge in [-0.1, -0.05) is 67.6 Å². The largest absolute Gasteiger partial charge is 0.350 e. The summed E-state index contributed by atoms with van der Waals surface area (Å²) in [5, 5.41) is 2.93. The zero-order valence-corrected chi connectivity index (χ0v) is 14.9. The van der Waals surface area contributed by atoms with Crippen LogP contribution in [0.3, 0.4) is 0 Å². The summed E-state index contributed by atoms with van der Waals surface area (Å²) in [6.45, 7) is 4.67. The number of hydrogen-bond acceptors (Lipinski definition) is 2. The van der Waals surface area contributed by atoms with Crippen molar-refractivity contribution in [2.24, 2.45) is 0 Å². The first-order valence-corrected chi connectivity index (χ1v) is 8.76. The SMILES string of the molecule is CCCC(=O)N(Cc1ccccc1)[C@H](C)C(=O)NCc1ccccc1. The minimum Gasteiger partial charge on any atom is -0.350 e. The summed E-state index contributed by atoms with van der Waals surface area (Å²) in [7, 11) is 0. The molecule has 0 aliphatic carbocycles. The van der Waals surface area contributed by atoms with E-state index in [0.29, 0.717) is 19.5 Å². The van der Waals surface area contributed by atoms with Gasteiger partial charge in [-0.2, -0.15) is 0 Å². The van der Waals surface area contributed by atoms with E-state index in [9.17, 15) is 9.59 Å². The highest BCUT2D eigenvalue weighted by Crippen LogP contribution is 2.12. The number of hydrogen-bond donors (Lipinski definition) is 1. The van der Waals surface area contributed by atoms with Gasteiger partial charge in [0.2, 0.25) is 11.8 Å². The Bertz CT molecular complexity index is 671. The summed E-state index contributed by atoms with van der Waals surface area (Å²) in [5.74, 6) is -0.127. The molecule has 2 rings (SSSR count). The molecule has 0 aromatic heterocycles. The van der Waals surface area contributed by atoms with Gasteiger partial charge in [0.05, 0.1) is 0 Å². The Hall–Kier alpha value is -2.62. The monoisotopic (exact) mass is 338 g/mol. The van der Waals surface area contributed by atoms with Gasteiger partial charge in [-0.05, 0) is 24.5 Å². The van der Waals surface area contributed by atoms with Crippen molar-refractivity contribution in [3.63, 3.8) is 0 Å². The van der Waals surface area contributed by atoms with Crippen LogP contribution in [0.1, 0.15) is 37.8 Å². The predicted molar refractivity (Wildman–Crippen MR) is 99.7 cm³/mol. The Morgan fingerprint density at radius 2 is 1.52 bits per heavy atom. The highest BCUT2D eigenvalue weighted by molar-refractivity contribution is 5.87. The molecular weight excluding hydrogens is 312 g/mol. The second-order valence-electron chi connectivity index (χ2n) is 6.14. The van der Waals surface area contributed by atoms with Gasteiger partial charge < -0.3 is 10.2 Å². The van der Waals surface area contributed by atoms with Crippen LogP contribution in [0.5, 0.6) is 0 Å². The molecule has 0 radical (unpaired) electrons.